The predicted octanol–water partition coefficient (Wildman–Crippen LogP) is 0.646. The summed E-state index contributed by atoms with van der Waals surface area (Å²) in [5.74, 6) is 10.7. The number of amides is 1. The van der Waals surface area contributed by atoms with E-state index < -0.39 is 0 Å². The van der Waals surface area contributed by atoms with E-state index >= 15 is 0 Å². The van der Waals surface area contributed by atoms with Gasteiger partial charge in [0.05, 0.1) is 6.10 Å². The van der Waals surface area contributed by atoms with Crippen molar-refractivity contribution in [2.75, 3.05) is 27.2 Å². The summed E-state index contributed by atoms with van der Waals surface area (Å²) in [4.78, 5) is 21.4. The van der Waals surface area contributed by atoms with Gasteiger partial charge in [0.2, 0.25) is 5.91 Å². The normalized spacial score (nSPS) is 14.1. The summed E-state index contributed by atoms with van der Waals surface area (Å²) >= 11 is 0. The first kappa shape index (κ1) is 32.4. The molecule has 1 fully saturated rings. The van der Waals surface area contributed by atoms with E-state index in [1.54, 1.807) is 4.90 Å². The lowest BCUT2D eigenvalue weighted by Crippen LogP contribution is -2.32. The van der Waals surface area contributed by atoms with Crippen LogP contribution in [0.3, 0.4) is 0 Å². The van der Waals surface area contributed by atoms with Gasteiger partial charge in [0, 0.05) is 38.7 Å². The van der Waals surface area contributed by atoms with Crippen LogP contribution >= 0.6 is 0 Å². The van der Waals surface area contributed by atoms with E-state index in [9.17, 15) is 9.90 Å². The number of carbonyl (C=O) groups excluding carboxylic acids is 2. The average Bonchev–Trinajstić information content (AvgIpc) is 3.19. The number of hydrogen-bond acceptors (Lipinski definition) is 7. The number of benzene rings is 1. The number of β-amino-alcohol motifs (C(OH)–C–C–N with tert-alkyl or cyclic N) is 1. The smallest absolute Gasteiger partial charge is 0.223 e. The van der Waals surface area contributed by atoms with E-state index in [1.807, 2.05) is 38.1 Å². The molecule has 1 unspecified atom stereocenters. The maximum atomic E-state index is 11.6. The zero-order valence-corrected chi connectivity index (χ0v) is 19.0. The molecule has 0 aliphatic carbocycles. The van der Waals surface area contributed by atoms with Crippen LogP contribution in [0.4, 0.5) is 0 Å². The monoisotopic (exact) mass is 424 g/mol. The molecule has 0 aromatic heterocycles. The number of likely N-dealkylation sites (tertiary alicyclic amines) is 1. The molecule has 1 saturated heterocycles. The highest BCUT2D eigenvalue weighted by Crippen LogP contribution is 2.21. The Labute approximate surface area is 181 Å². The number of carbonyl (C=O) groups is 2. The van der Waals surface area contributed by atoms with E-state index in [2.05, 4.69) is 43.7 Å². The molecular formula is C22H40N4O4. The number of terminal acetylenes is 1. The highest BCUT2D eigenvalue weighted by atomic mass is 16.3. The fourth-order valence-corrected chi connectivity index (χ4v) is 2.46. The molecule has 1 atom stereocenters. The highest BCUT2D eigenvalue weighted by molar-refractivity contribution is 5.77. The first-order valence-corrected chi connectivity index (χ1v) is 9.48. The zero-order chi connectivity index (χ0) is 24.2. The Balaban J connectivity index is -0.000000392. The zero-order valence-electron chi connectivity index (χ0n) is 19.0. The second-order valence-corrected chi connectivity index (χ2v) is 7.39. The molecule has 1 aromatic carbocycles. The van der Waals surface area contributed by atoms with Crippen molar-refractivity contribution in [1.82, 2.24) is 10.2 Å². The third-order valence-corrected chi connectivity index (χ3v) is 3.70. The molecule has 1 aliphatic rings. The lowest BCUT2D eigenvalue weighted by atomic mass is 9.92. The molecule has 0 spiro atoms. The minimum absolute atomic E-state index is 0.0463. The number of hydrogen-bond donors (Lipinski definition) is 5. The summed E-state index contributed by atoms with van der Waals surface area (Å²) in [6.45, 7) is 10.3. The third-order valence-electron chi connectivity index (χ3n) is 3.70. The van der Waals surface area contributed by atoms with Gasteiger partial charge in [-0.3, -0.25) is 16.5 Å². The molecule has 30 heavy (non-hydrogen) atoms. The minimum Gasteiger partial charge on any atom is -0.400 e. The number of nitrogens with zero attached hydrogens (tertiary/aromatic N) is 1. The largest absolute Gasteiger partial charge is 0.400 e. The minimum atomic E-state index is -0.302. The number of aliphatic hydroxyl groups is 2. The number of nitrogens with two attached hydrogens (primary N) is 2. The highest BCUT2D eigenvalue weighted by Gasteiger charge is 2.27. The van der Waals surface area contributed by atoms with Crippen molar-refractivity contribution in [2.45, 2.75) is 46.3 Å². The van der Waals surface area contributed by atoms with E-state index in [-0.39, 0.29) is 17.4 Å². The van der Waals surface area contributed by atoms with E-state index in [4.69, 9.17) is 16.3 Å². The Morgan fingerprint density at radius 1 is 1.27 bits per heavy atom. The van der Waals surface area contributed by atoms with Crippen LogP contribution in [0.25, 0.3) is 0 Å². The Bertz CT molecular complexity index is 580. The number of nitrogens with one attached hydrogen (secondary N) is 1. The van der Waals surface area contributed by atoms with Gasteiger partial charge in [0.25, 0.3) is 0 Å². The van der Waals surface area contributed by atoms with Crippen LogP contribution in [0.1, 0.15) is 44.7 Å². The van der Waals surface area contributed by atoms with Crippen LogP contribution in [0.5, 0.6) is 0 Å². The molecule has 1 amide bonds. The topological polar surface area (TPSA) is 142 Å². The Hall–Kier alpha value is -2.28. The van der Waals surface area contributed by atoms with Gasteiger partial charge < -0.3 is 25.2 Å². The van der Waals surface area contributed by atoms with Gasteiger partial charge in [-0.05, 0) is 36.6 Å². The summed E-state index contributed by atoms with van der Waals surface area (Å²) < 4.78 is 0. The van der Waals surface area contributed by atoms with Gasteiger partial charge in [-0.25, -0.2) is 0 Å². The average molecular weight is 425 g/mol. The fraction of sp³-hybridized carbons (Fsp3) is 0.545. The maximum Gasteiger partial charge on any atom is 0.223 e. The number of rotatable bonds is 3. The van der Waals surface area contributed by atoms with Gasteiger partial charge in [0.1, 0.15) is 6.79 Å². The van der Waals surface area contributed by atoms with Crippen molar-refractivity contribution in [1.29, 1.82) is 0 Å². The van der Waals surface area contributed by atoms with Crippen molar-refractivity contribution in [3.05, 3.63) is 35.4 Å². The summed E-state index contributed by atoms with van der Waals surface area (Å²) in [5, 5.41) is 19.3. The number of aliphatic hydroxyl groups excluding tert-OH is 2. The molecule has 1 aliphatic heterocycles. The summed E-state index contributed by atoms with van der Waals surface area (Å²) in [6, 6.07) is 7.97. The summed E-state index contributed by atoms with van der Waals surface area (Å²) in [6.07, 6.45) is 6.21. The SMILES string of the molecule is C#Cc1ccc(CNC)cc1.C=O.CC(C)(C)CC(=O)N1CCC(O)C1.CO.NN. The van der Waals surface area contributed by atoms with Gasteiger partial charge in [-0.2, -0.15) is 0 Å². The Kier molecular flexibility index (Phi) is 21.6. The lowest BCUT2D eigenvalue weighted by Gasteiger charge is -2.22. The summed E-state index contributed by atoms with van der Waals surface area (Å²) in [7, 11) is 2.93. The van der Waals surface area contributed by atoms with Crippen LogP contribution in [0.2, 0.25) is 0 Å². The van der Waals surface area contributed by atoms with Crippen molar-refractivity contribution < 1.29 is 19.8 Å². The molecular weight excluding hydrogens is 384 g/mol. The van der Waals surface area contributed by atoms with Gasteiger partial charge in [-0.1, -0.05) is 38.8 Å². The standard InChI is InChI=1S/C10H19NO2.C10H11N.CH4O.CH2O.H4N2/c1-10(2,3)6-9(13)11-5-4-8(12)7-11;1-3-9-4-6-10(7-5-9)8-11-2;3*1-2/h8,12H,4-7H2,1-3H3;1,4-7,11H,8H2,2H3;2H,1H3;1H2;1-2H2. The van der Waals surface area contributed by atoms with Crippen LogP contribution < -0.4 is 17.0 Å². The first-order chi connectivity index (χ1) is 14.2. The number of hydrazine groups is 1. The Morgan fingerprint density at radius 2 is 1.77 bits per heavy atom. The first-order valence-electron chi connectivity index (χ1n) is 9.48. The van der Waals surface area contributed by atoms with Gasteiger partial charge >= 0.3 is 0 Å². The van der Waals surface area contributed by atoms with Gasteiger partial charge in [0.15, 0.2) is 0 Å². The molecule has 172 valence electrons. The molecule has 0 radical (unpaired) electrons. The third kappa shape index (κ3) is 16.7. The molecule has 8 nitrogen and oxygen atoms in total. The molecule has 7 N–H and O–H groups in total. The quantitative estimate of drug-likeness (QED) is 0.272. The fourth-order valence-electron chi connectivity index (χ4n) is 2.46. The summed E-state index contributed by atoms with van der Waals surface area (Å²) in [5.41, 5.74) is 2.24. The Morgan fingerprint density at radius 3 is 2.10 bits per heavy atom. The molecule has 2 rings (SSSR count). The molecule has 1 heterocycles. The molecule has 1 aromatic rings. The maximum absolute atomic E-state index is 11.6. The van der Waals surface area contributed by atoms with Crippen LogP contribution in [0, 0.1) is 17.8 Å². The lowest BCUT2D eigenvalue weighted by molar-refractivity contribution is -0.132. The van der Waals surface area contributed by atoms with E-state index in [0.717, 1.165) is 32.2 Å². The molecule has 0 saturated carbocycles. The predicted molar refractivity (Wildman–Crippen MR) is 122 cm³/mol. The van der Waals surface area contributed by atoms with Crippen molar-refractivity contribution in [3.63, 3.8) is 0 Å². The van der Waals surface area contributed by atoms with Crippen LogP contribution in [0.15, 0.2) is 24.3 Å². The van der Waals surface area contributed by atoms with Crippen LogP contribution in [-0.2, 0) is 16.1 Å². The molecule has 0 bridgehead atoms. The van der Waals surface area contributed by atoms with E-state index in [0.29, 0.717) is 13.0 Å². The van der Waals surface area contributed by atoms with Crippen LogP contribution in [-0.4, -0.2) is 61.2 Å². The van der Waals surface area contributed by atoms with Crippen molar-refractivity contribution >= 4 is 12.7 Å². The molecule has 8 heteroatoms. The van der Waals surface area contributed by atoms with Gasteiger partial charge in [-0.15, -0.1) is 6.42 Å². The van der Waals surface area contributed by atoms with E-state index in [1.165, 1.54) is 5.56 Å². The van der Waals surface area contributed by atoms with Crippen molar-refractivity contribution in [2.24, 2.45) is 17.1 Å². The van der Waals surface area contributed by atoms with Crippen molar-refractivity contribution in [3.8, 4) is 12.3 Å². The second kappa shape index (κ2) is 20.0. The second-order valence-electron chi connectivity index (χ2n) is 7.39.